The van der Waals surface area contributed by atoms with Crippen LogP contribution in [0.2, 0.25) is 0 Å². The molecule has 0 bridgehead atoms. The van der Waals surface area contributed by atoms with Gasteiger partial charge in [-0.05, 0) is 50.2 Å². The van der Waals surface area contributed by atoms with Crippen LogP contribution in [0.15, 0.2) is 36.4 Å². The van der Waals surface area contributed by atoms with Crippen LogP contribution in [0, 0.1) is 17.5 Å². The number of carbonyl (C=O) groups excluding carboxylic acids is 1. The van der Waals surface area contributed by atoms with Gasteiger partial charge in [0.1, 0.15) is 17.5 Å². The van der Waals surface area contributed by atoms with E-state index >= 15 is 0 Å². The third kappa shape index (κ3) is 4.01. The van der Waals surface area contributed by atoms with Crippen molar-refractivity contribution in [1.82, 2.24) is 0 Å². The second kappa shape index (κ2) is 8.08. The summed E-state index contributed by atoms with van der Waals surface area (Å²) in [5.41, 5.74) is -0.310. The van der Waals surface area contributed by atoms with E-state index in [0.29, 0.717) is 0 Å². The van der Waals surface area contributed by atoms with E-state index in [1.165, 1.54) is 6.07 Å². The number of rotatable bonds is 7. The van der Waals surface area contributed by atoms with Crippen LogP contribution in [0.25, 0.3) is 0 Å². The molecule has 2 aromatic rings. The molecule has 128 valence electrons. The number of benzene rings is 2. The molecule has 0 aliphatic heterocycles. The number of hydrogen-bond acceptors (Lipinski definition) is 3. The maximum Gasteiger partial charge on any atom is 0.196 e. The molecule has 2 rings (SSSR count). The Morgan fingerprint density at radius 1 is 0.917 bits per heavy atom. The zero-order valence-electron chi connectivity index (χ0n) is 13.3. The summed E-state index contributed by atoms with van der Waals surface area (Å²) >= 11 is 0. The highest BCUT2D eigenvalue weighted by Gasteiger charge is 2.24. The molecule has 0 unspecified atom stereocenters. The van der Waals surface area contributed by atoms with E-state index in [1.807, 2.05) is 0 Å². The highest BCUT2D eigenvalue weighted by atomic mass is 19.1. The first-order chi connectivity index (χ1) is 11.5. The van der Waals surface area contributed by atoms with E-state index < -0.39 is 35.1 Å². The van der Waals surface area contributed by atoms with Gasteiger partial charge < -0.3 is 9.47 Å². The van der Waals surface area contributed by atoms with Crippen molar-refractivity contribution in [2.45, 2.75) is 20.1 Å². The van der Waals surface area contributed by atoms with Crippen LogP contribution in [0.5, 0.6) is 0 Å². The summed E-state index contributed by atoms with van der Waals surface area (Å²) in [5.74, 6) is -2.97. The Labute approximate surface area is 138 Å². The molecule has 0 saturated heterocycles. The largest absolute Gasteiger partial charge is 0.349 e. The average molecular weight is 338 g/mol. The molecular formula is C18H17F3O3. The van der Waals surface area contributed by atoms with Crippen molar-refractivity contribution in [2.75, 3.05) is 13.2 Å². The molecule has 6 heteroatoms. The first-order valence-corrected chi connectivity index (χ1v) is 7.50. The molecule has 0 saturated carbocycles. The summed E-state index contributed by atoms with van der Waals surface area (Å²) < 4.78 is 51.7. The molecule has 0 spiro atoms. The van der Waals surface area contributed by atoms with Crippen LogP contribution < -0.4 is 0 Å². The lowest BCUT2D eigenvalue weighted by Gasteiger charge is -2.20. The van der Waals surface area contributed by atoms with Crippen molar-refractivity contribution in [2.24, 2.45) is 0 Å². The lowest BCUT2D eigenvalue weighted by molar-refractivity contribution is -0.140. The molecule has 2 aromatic carbocycles. The number of hydrogen-bond donors (Lipinski definition) is 0. The number of ether oxygens (including phenoxy) is 2. The van der Waals surface area contributed by atoms with E-state index in [0.717, 1.165) is 30.3 Å². The van der Waals surface area contributed by atoms with Gasteiger partial charge in [0.2, 0.25) is 0 Å². The van der Waals surface area contributed by atoms with Crippen molar-refractivity contribution in [3.8, 4) is 0 Å². The molecule has 3 nitrogen and oxygen atoms in total. The molecule has 24 heavy (non-hydrogen) atoms. The highest BCUT2D eigenvalue weighted by Crippen LogP contribution is 2.27. The van der Waals surface area contributed by atoms with Gasteiger partial charge >= 0.3 is 0 Å². The van der Waals surface area contributed by atoms with E-state index in [4.69, 9.17) is 9.47 Å². The summed E-state index contributed by atoms with van der Waals surface area (Å²) in [6.07, 6.45) is -0.980. The molecule has 0 fully saturated rings. The van der Waals surface area contributed by atoms with Crippen LogP contribution in [0.3, 0.4) is 0 Å². The van der Waals surface area contributed by atoms with Gasteiger partial charge in [-0.2, -0.15) is 0 Å². The Balaban J connectivity index is 2.53. The van der Waals surface area contributed by atoms with Crippen LogP contribution >= 0.6 is 0 Å². The molecule has 0 N–H and O–H groups in total. The Bertz CT molecular complexity index is 725. The molecule has 0 atom stereocenters. The monoisotopic (exact) mass is 338 g/mol. The zero-order valence-corrected chi connectivity index (χ0v) is 13.3. The van der Waals surface area contributed by atoms with Gasteiger partial charge in [0.05, 0.1) is 5.56 Å². The number of ketones is 1. The summed E-state index contributed by atoms with van der Waals surface area (Å²) in [6.45, 7) is 3.98. The van der Waals surface area contributed by atoms with Gasteiger partial charge in [0.25, 0.3) is 0 Å². The second-order valence-electron chi connectivity index (χ2n) is 4.93. The Hall–Kier alpha value is -2.18. The quantitative estimate of drug-likeness (QED) is 0.554. The maximum atomic E-state index is 13.9. The average Bonchev–Trinajstić information content (AvgIpc) is 2.56. The minimum atomic E-state index is -0.980. The predicted octanol–water partition coefficient (Wildman–Crippen LogP) is 4.41. The maximum absolute atomic E-state index is 13.9. The summed E-state index contributed by atoms with van der Waals surface area (Å²) in [5, 5.41) is 0. The van der Waals surface area contributed by atoms with Crippen LogP contribution in [0.4, 0.5) is 13.2 Å². The van der Waals surface area contributed by atoms with Gasteiger partial charge in [0, 0.05) is 24.3 Å². The number of halogens is 3. The van der Waals surface area contributed by atoms with E-state index in [9.17, 15) is 18.0 Å². The van der Waals surface area contributed by atoms with Crippen molar-refractivity contribution in [1.29, 1.82) is 0 Å². The highest BCUT2D eigenvalue weighted by molar-refractivity contribution is 6.10. The van der Waals surface area contributed by atoms with E-state index in [-0.39, 0.29) is 24.3 Å². The van der Waals surface area contributed by atoms with Crippen LogP contribution in [0.1, 0.15) is 41.6 Å². The minimum Gasteiger partial charge on any atom is -0.349 e. The molecular weight excluding hydrogens is 321 g/mol. The molecule has 0 amide bonds. The zero-order chi connectivity index (χ0) is 17.7. The van der Waals surface area contributed by atoms with Gasteiger partial charge in [-0.15, -0.1) is 0 Å². The van der Waals surface area contributed by atoms with Gasteiger partial charge in [-0.3, -0.25) is 4.79 Å². The van der Waals surface area contributed by atoms with Crippen molar-refractivity contribution in [3.63, 3.8) is 0 Å². The molecule has 0 aromatic heterocycles. The minimum absolute atomic E-state index is 0.00667. The van der Waals surface area contributed by atoms with Crippen LogP contribution in [-0.2, 0) is 9.47 Å². The third-order valence-electron chi connectivity index (χ3n) is 3.32. The van der Waals surface area contributed by atoms with Crippen molar-refractivity contribution >= 4 is 5.78 Å². The summed E-state index contributed by atoms with van der Waals surface area (Å²) in [7, 11) is 0. The fraction of sp³-hybridized carbons (Fsp3) is 0.278. The lowest BCUT2D eigenvalue weighted by atomic mass is 9.97. The Morgan fingerprint density at radius 3 is 2.12 bits per heavy atom. The van der Waals surface area contributed by atoms with Crippen molar-refractivity contribution < 1.29 is 27.4 Å². The fourth-order valence-corrected chi connectivity index (χ4v) is 2.28. The summed E-state index contributed by atoms with van der Waals surface area (Å²) in [6, 6.07) is 5.97. The SMILES string of the molecule is CCOC(OCC)c1cc(F)ccc1C(=O)c1cc(F)ccc1F. The van der Waals surface area contributed by atoms with Gasteiger partial charge in [-0.1, -0.05) is 0 Å². The van der Waals surface area contributed by atoms with Gasteiger partial charge in [-0.25, -0.2) is 13.2 Å². The van der Waals surface area contributed by atoms with E-state index in [1.54, 1.807) is 13.8 Å². The normalized spacial score (nSPS) is 11.1. The fourth-order valence-electron chi connectivity index (χ4n) is 2.28. The van der Waals surface area contributed by atoms with Gasteiger partial charge in [0.15, 0.2) is 12.1 Å². The third-order valence-corrected chi connectivity index (χ3v) is 3.32. The Morgan fingerprint density at radius 2 is 1.50 bits per heavy atom. The van der Waals surface area contributed by atoms with Crippen molar-refractivity contribution in [3.05, 3.63) is 70.5 Å². The first kappa shape index (κ1) is 18.2. The molecule has 0 aliphatic rings. The Kier molecular flexibility index (Phi) is 6.11. The lowest BCUT2D eigenvalue weighted by Crippen LogP contribution is -2.15. The second-order valence-corrected chi connectivity index (χ2v) is 4.93. The smallest absolute Gasteiger partial charge is 0.196 e. The molecule has 0 radical (unpaired) electrons. The standard InChI is InChI=1S/C18H17F3O3/c1-3-23-18(24-4-2)14-9-11(19)5-7-13(14)17(22)15-10-12(20)6-8-16(15)21/h5-10,18H,3-4H2,1-2H3. The van der Waals surface area contributed by atoms with Crippen LogP contribution in [-0.4, -0.2) is 19.0 Å². The topological polar surface area (TPSA) is 35.5 Å². The van der Waals surface area contributed by atoms with E-state index in [2.05, 4.69) is 0 Å². The molecule has 0 heterocycles. The summed E-state index contributed by atoms with van der Waals surface area (Å²) in [4.78, 5) is 12.6. The predicted molar refractivity (Wildman–Crippen MR) is 82.2 cm³/mol. The molecule has 0 aliphatic carbocycles. The first-order valence-electron chi connectivity index (χ1n) is 7.50. The number of carbonyl (C=O) groups is 1.